The Morgan fingerprint density at radius 2 is 2.04 bits per heavy atom. The maximum Gasteiger partial charge on any atom is 0.270 e. The van der Waals surface area contributed by atoms with Gasteiger partial charge in [-0.15, -0.1) is 0 Å². The van der Waals surface area contributed by atoms with Crippen LogP contribution in [-0.2, 0) is 23.1 Å². The molecule has 1 aromatic carbocycles. The van der Waals surface area contributed by atoms with Gasteiger partial charge in [-0.3, -0.25) is 14.4 Å². The van der Waals surface area contributed by atoms with Crippen molar-refractivity contribution in [3.05, 3.63) is 73.7 Å². The standard InChI is InChI=1S/C18H17N3O4S2/c22-17-16(26-18-19-9-4-10-21(17)18)11-13-7-8-14(25-13)12-20-27(23,24)15-5-2-1-3-6-15/h1-3,5-8,11,20H,4,9-10,12H2/b16-11+. The number of sulfonamides is 1. The molecule has 9 heteroatoms. The van der Waals surface area contributed by atoms with Crippen molar-refractivity contribution in [2.75, 3.05) is 6.54 Å². The van der Waals surface area contributed by atoms with Crippen LogP contribution in [0.4, 0.5) is 0 Å². The van der Waals surface area contributed by atoms with Crippen LogP contribution in [0.1, 0.15) is 17.9 Å². The molecule has 0 radical (unpaired) electrons. The molecule has 0 atom stereocenters. The Hall–Kier alpha value is -2.49. The maximum absolute atomic E-state index is 12.4. The van der Waals surface area contributed by atoms with Crippen molar-refractivity contribution in [3.8, 4) is 0 Å². The molecule has 1 N–H and O–H groups in total. The first-order valence-electron chi connectivity index (χ1n) is 8.42. The van der Waals surface area contributed by atoms with Gasteiger partial charge in [0.2, 0.25) is 10.0 Å². The summed E-state index contributed by atoms with van der Waals surface area (Å²) in [6.45, 7) is 1.46. The molecule has 3 aromatic rings. The minimum Gasteiger partial charge on any atom is -0.460 e. The number of thiazole rings is 1. The lowest BCUT2D eigenvalue weighted by atomic mass is 10.4. The molecule has 27 heavy (non-hydrogen) atoms. The number of furan rings is 1. The van der Waals surface area contributed by atoms with E-state index in [1.807, 2.05) is 0 Å². The van der Waals surface area contributed by atoms with Crippen molar-refractivity contribution >= 4 is 27.4 Å². The number of hydrogen-bond donors (Lipinski definition) is 1. The quantitative estimate of drug-likeness (QED) is 0.683. The Bertz CT molecular complexity index is 1240. The van der Waals surface area contributed by atoms with Gasteiger partial charge in [-0.2, -0.15) is 0 Å². The molecule has 0 saturated heterocycles. The monoisotopic (exact) mass is 403 g/mol. The van der Waals surface area contributed by atoms with E-state index in [1.54, 1.807) is 41.0 Å². The Kier molecular flexibility index (Phi) is 4.81. The van der Waals surface area contributed by atoms with Crippen LogP contribution in [0.2, 0.25) is 0 Å². The van der Waals surface area contributed by atoms with E-state index in [1.165, 1.54) is 23.5 Å². The molecule has 140 valence electrons. The van der Waals surface area contributed by atoms with Gasteiger partial charge in [0, 0.05) is 19.2 Å². The number of aromatic nitrogens is 1. The summed E-state index contributed by atoms with van der Waals surface area (Å²) in [5, 5.41) is 0. The predicted molar refractivity (Wildman–Crippen MR) is 102 cm³/mol. The van der Waals surface area contributed by atoms with E-state index < -0.39 is 10.0 Å². The summed E-state index contributed by atoms with van der Waals surface area (Å²) in [6.07, 6.45) is 2.54. The van der Waals surface area contributed by atoms with Crippen LogP contribution in [0.25, 0.3) is 6.08 Å². The molecular weight excluding hydrogens is 386 g/mol. The highest BCUT2D eigenvalue weighted by atomic mass is 32.2. The van der Waals surface area contributed by atoms with E-state index in [4.69, 9.17) is 4.42 Å². The van der Waals surface area contributed by atoms with Gasteiger partial charge in [0.05, 0.1) is 16.0 Å². The second-order valence-corrected chi connectivity index (χ2v) is 8.80. The van der Waals surface area contributed by atoms with E-state index in [2.05, 4.69) is 9.71 Å². The van der Waals surface area contributed by atoms with E-state index >= 15 is 0 Å². The van der Waals surface area contributed by atoms with Gasteiger partial charge in [0.15, 0.2) is 4.80 Å². The molecule has 1 aliphatic heterocycles. The largest absolute Gasteiger partial charge is 0.460 e. The van der Waals surface area contributed by atoms with Crippen LogP contribution >= 0.6 is 11.3 Å². The SMILES string of the molecule is O=c1/c(=C\c2ccc(CNS(=O)(=O)c3ccccc3)o2)sc2n1CCCN=2. The van der Waals surface area contributed by atoms with E-state index in [0.29, 0.717) is 22.6 Å². The lowest BCUT2D eigenvalue weighted by Gasteiger charge is -2.04. The number of hydrogen-bond acceptors (Lipinski definition) is 6. The smallest absolute Gasteiger partial charge is 0.270 e. The van der Waals surface area contributed by atoms with E-state index in [-0.39, 0.29) is 17.0 Å². The normalized spacial score (nSPS) is 14.7. The number of nitrogens with zero attached hydrogens (tertiary/aromatic N) is 2. The summed E-state index contributed by atoms with van der Waals surface area (Å²) in [7, 11) is -3.60. The highest BCUT2D eigenvalue weighted by molar-refractivity contribution is 7.89. The lowest BCUT2D eigenvalue weighted by Crippen LogP contribution is -2.33. The molecule has 0 amide bonds. The van der Waals surface area contributed by atoms with E-state index in [0.717, 1.165) is 17.8 Å². The summed E-state index contributed by atoms with van der Waals surface area (Å²) < 4.78 is 34.9. The summed E-state index contributed by atoms with van der Waals surface area (Å²) in [4.78, 5) is 17.7. The van der Waals surface area contributed by atoms with Crippen LogP contribution in [0.5, 0.6) is 0 Å². The number of fused-ring (bicyclic) bond motifs is 1. The molecule has 4 rings (SSSR count). The topological polar surface area (TPSA) is 93.7 Å². The first-order valence-corrected chi connectivity index (χ1v) is 10.7. The summed E-state index contributed by atoms with van der Waals surface area (Å²) in [5.74, 6) is 0.965. The maximum atomic E-state index is 12.4. The van der Waals surface area contributed by atoms with Gasteiger partial charge in [0.1, 0.15) is 11.5 Å². The fourth-order valence-corrected chi connectivity index (χ4v) is 4.80. The van der Waals surface area contributed by atoms with Gasteiger partial charge in [-0.25, -0.2) is 13.1 Å². The molecule has 2 aromatic heterocycles. The zero-order chi connectivity index (χ0) is 18.9. The number of rotatable bonds is 5. The third-order valence-electron chi connectivity index (χ3n) is 4.12. The van der Waals surface area contributed by atoms with Crippen molar-refractivity contribution in [2.24, 2.45) is 4.99 Å². The third-order valence-corrected chi connectivity index (χ3v) is 6.58. The predicted octanol–water partition coefficient (Wildman–Crippen LogP) is 0.833. The second kappa shape index (κ2) is 7.26. The molecule has 0 spiro atoms. The van der Waals surface area contributed by atoms with E-state index in [9.17, 15) is 13.2 Å². The van der Waals surface area contributed by atoms with Gasteiger partial charge in [0.25, 0.3) is 5.56 Å². The molecule has 0 aliphatic carbocycles. The lowest BCUT2D eigenvalue weighted by molar-refractivity contribution is 0.491. The Balaban J connectivity index is 1.53. The van der Waals surface area contributed by atoms with Gasteiger partial charge in [-0.05, 0) is 30.7 Å². The minimum atomic E-state index is -3.60. The van der Waals surface area contributed by atoms with Crippen molar-refractivity contribution in [1.82, 2.24) is 9.29 Å². The molecular formula is C18H17N3O4S2. The van der Waals surface area contributed by atoms with Crippen molar-refractivity contribution in [1.29, 1.82) is 0 Å². The fraction of sp³-hybridized carbons (Fsp3) is 0.222. The highest BCUT2D eigenvalue weighted by Crippen LogP contribution is 2.11. The number of nitrogens with one attached hydrogen (secondary N) is 1. The molecule has 1 aliphatic rings. The summed E-state index contributed by atoms with van der Waals surface area (Å²) >= 11 is 1.34. The number of benzene rings is 1. The van der Waals surface area contributed by atoms with Crippen LogP contribution in [0, 0.1) is 0 Å². The minimum absolute atomic E-state index is 0.0281. The van der Waals surface area contributed by atoms with Crippen LogP contribution in [0.15, 0.2) is 61.6 Å². The highest BCUT2D eigenvalue weighted by Gasteiger charge is 2.14. The van der Waals surface area contributed by atoms with Gasteiger partial charge in [-0.1, -0.05) is 29.5 Å². The van der Waals surface area contributed by atoms with Crippen molar-refractivity contribution < 1.29 is 12.8 Å². The fourth-order valence-electron chi connectivity index (χ4n) is 2.77. The van der Waals surface area contributed by atoms with Crippen LogP contribution < -0.4 is 19.6 Å². The Labute approximate surface area is 159 Å². The summed E-state index contributed by atoms with van der Waals surface area (Å²) in [6, 6.07) is 11.5. The van der Waals surface area contributed by atoms with Gasteiger partial charge >= 0.3 is 0 Å². The third kappa shape index (κ3) is 3.80. The van der Waals surface area contributed by atoms with Crippen molar-refractivity contribution in [3.63, 3.8) is 0 Å². The van der Waals surface area contributed by atoms with Gasteiger partial charge < -0.3 is 4.42 Å². The van der Waals surface area contributed by atoms with Crippen molar-refractivity contribution in [2.45, 2.75) is 24.4 Å². The van der Waals surface area contributed by atoms with Crippen LogP contribution in [0.3, 0.4) is 0 Å². The Morgan fingerprint density at radius 1 is 1.22 bits per heavy atom. The molecule has 0 unspecified atom stereocenters. The molecule has 3 heterocycles. The molecule has 7 nitrogen and oxygen atoms in total. The molecule has 0 bridgehead atoms. The first kappa shape index (κ1) is 17.9. The molecule has 0 saturated carbocycles. The average molecular weight is 403 g/mol. The second-order valence-electron chi connectivity index (χ2n) is 6.03. The first-order chi connectivity index (χ1) is 13.0. The zero-order valence-electron chi connectivity index (χ0n) is 14.3. The average Bonchev–Trinajstić information content (AvgIpc) is 3.26. The molecule has 0 fully saturated rings. The zero-order valence-corrected chi connectivity index (χ0v) is 15.9. The van der Waals surface area contributed by atoms with Crippen LogP contribution in [-0.4, -0.2) is 19.5 Å². The Morgan fingerprint density at radius 3 is 2.81 bits per heavy atom. The summed E-state index contributed by atoms with van der Waals surface area (Å²) in [5.41, 5.74) is -0.0684.